The normalized spacial score (nSPS) is 16.4. The van der Waals surface area contributed by atoms with Crippen molar-refractivity contribution in [3.63, 3.8) is 0 Å². The number of nitrogens with zero attached hydrogens (tertiary/aromatic N) is 2. The number of hydrogen-bond acceptors (Lipinski definition) is 3. The minimum atomic E-state index is -0.230. The van der Waals surface area contributed by atoms with Crippen molar-refractivity contribution in [1.29, 1.82) is 0 Å². The first kappa shape index (κ1) is 15.5. The van der Waals surface area contributed by atoms with Gasteiger partial charge in [0.15, 0.2) is 0 Å². The fourth-order valence-corrected chi connectivity index (χ4v) is 2.51. The largest absolute Gasteiger partial charge is 0.339 e. The zero-order valence-corrected chi connectivity index (χ0v) is 12.7. The maximum Gasteiger partial charge on any atom is 0.242 e. The molecule has 1 aromatic carbocycles. The molecule has 1 N–H and O–H groups in total. The molecule has 5 heteroatoms. The number of piperazine rings is 1. The third kappa shape index (κ3) is 4.04. The van der Waals surface area contributed by atoms with E-state index in [0.717, 1.165) is 31.7 Å². The third-order valence-corrected chi connectivity index (χ3v) is 3.89. The molecule has 2 rings (SSSR count). The summed E-state index contributed by atoms with van der Waals surface area (Å²) in [5.41, 5.74) is 0.976. The number of amides is 2. The number of carbonyl (C=O) groups is 2. The van der Waals surface area contributed by atoms with E-state index in [4.69, 9.17) is 0 Å². The van der Waals surface area contributed by atoms with E-state index in [2.05, 4.69) is 5.32 Å². The van der Waals surface area contributed by atoms with E-state index in [1.165, 1.54) is 4.90 Å². The van der Waals surface area contributed by atoms with Crippen LogP contribution in [0.4, 0.5) is 0 Å². The van der Waals surface area contributed by atoms with Crippen molar-refractivity contribution < 1.29 is 9.59 Å². The highest BCUT2D eigenvalue weighted by molar-refractivity contribution is 5.88. The molecule has 0 bridgehead atoms. The topological polar surface area (TPSA) is 52.7 Å². The van der Waals surface area contributed by atoms with E-state index in [0.29, 0.717) is 0 Å². The molecule has 1 aliphatic rings. The quantitative estimate of drug-likeness (QED) is 0.887. The van der Waals surface area contributed by atoms with Crippen molar-refractivity contribution >= 4 is 11.8 Å². The van der Waals surface area contributed by atoms with Gasteiger partial charge in [0.25, 0.3) is 0 Å². The SMILES string of the molecule is CC(C(=O)N(C)CC(=O)N1CCNCC1)c1ccccc1. The molecule has 1 aliphatic heterocycles. The van der Waals surface area contributed by atoms with Gasteiger partial charge in [0.2, 0.25) is 11.8 Å². The second-order valence-electron chi connectivity index (χ2n) is 5.46. The molecular formula is C16H23N3O2. The zero-order valence-electron chi connectivity index (χ0n) is 12.7. The molecule has 21 heavy (non-hydrogen) atoms. The Labute approximate surface area is 125 Å². The number of benzene rings is 1. The molecule has 0 saturated carbocycles. The van der Waals surface area contributed by atoms with Gasteiger partial charge in [-0.1, -0.05) is 30.3 Å². The summed E-state index contributed by atoms with van der Waals surface area (Å²) < 4.78 is 0. The molecule has 1 saturated heterocycles. The number of rotatable bonds is 4. The average Bonchev–Trinajstić information content (AvgIpc) is 2.55. The standard InChI is InChI=1S/C16H23N3O2/c1-13(14-6-4-3-5-7-14)16(21)18(2)12-15(20)19-10-8-17-9-11-19/h3-7,13,17H,8-12H2,1-2H3. The Morgan fingerprint density at radius 1 is 1.24 bits per heavy atom. The first-order chi connectivity index (χ1) is 10.1. The van der Waals surface area contributed by atoms with Crippen LogP contribution in [0.5, 0.6) is 0 Å². The summed E-state index contributed by atoms with van der Waals surface area (Å²) in [5.74, 6) is -0.232. The third-order valence-electron chi connectivity index (χ3n) is 3.89. The Hall–Kier alpha value is -1.88. The van der Waals surface area contributed by atoms with E-state index < -0.39 is 0 Å². The smallest absolute Gasteiger partial charge is 0.242 e. The molecule has 114 valence electrons. The summed E-state index contributed by atoms with van der Waals surface area (Å²) in [5, 5.41) is 3.21. The number of carbonyl (C=O) groups excluding carboxylic acids is 2. The number of nitrogens with one attached hydrogen (secondary N) is 1. The Balaban J connectivity index is 1.91. The van der Waals surface area contributed by atoms with Crippen LogP contribution in [0.1, 0.15) is 18.4 Å². The fraction of sp³-hybridized carbons (Fsp3) is 0.500. The molecule has 0 aromatic heterocycles. The lowest BCUT2D eigenvalue weighted by Crippen LogP contribution is -2.50. The van der Waals surface area contributed by atoms with Crippen molar-refractivity contribution in [2.24, 2.45) is 0 Å². The van der Waals surface area contributed by atoms with Gasteiger partial charge in [-0.05, 0) is 12.5 Å². The summed E-state index contributed by atoms with van der Waals surface area (Å²) in [6.45, 7) is 5.11. The van der Waals surface area contributed by atoms with Crippen molar-refractivity contribution in [2.75, 3.05) is 39.8 Å². The molecule has 5 nitrogen and oxygen atoms in total. The van der Waals surface area contributed by atoms with E-state index in [1.54, 1.807) is 7.05 Å². The number of likely N-dealkylation sites (N-methyl/N-ethyl adjacent to an activating group) is 1. The molecular weight excluding hydrogens is 266 g/mol. The summed E-state index contributed by atoms with van der Waals surface area (Å²) in [4.78, 5) is 27.9. The lowest BCUT2D eigenvalue weighted by molar-refractivity contribution is -0.140. The highest BCUT2D eigenvalue weighted by atomic mass is 16.2. The Morgan fingerprint density at radius 3 is 2.48 bits per heavy atom. The predicted octanol–water partition coefficient (Wildman–Crippen LogP) is 0.680. The molecule has 1 heterocycles. The summed E-state index contributed by atoms with van der Waals surface area (Å²) >= 11 is 0. The van der Waals surface area contributed by atoms with Crippen LogP contribution in [0.3, 0.4) is 0 Å². The van der Waals surface area contributed by atoms with Gasteiger partial charge in [0, 0.05) is 33.2 Å². The van der Waals surface area contributed by atoms with Crippen LogP contribution < -0.4 is 5.32 Å². The maximum atomic E-state index is 12.4. The lowest BCUT2D eigenvalue weighted by Gasteiger charge is -2.30. The van der Waals surface area contributed by atoms with Gasteiger partial charge in [0.1, 0.15) is 0 Å². The van der Waals surface area contributed by atoms with Crippen molar-refractivity contribution in [3.8, 4) is 0 Å². The fourth-order valence-electron chi connectivity index (χ4n) is 2.51. The van der Waals surface area contributed by atoms with E-state index in [1.807, 2.05) is 42.2 Å². The van der Waals surface area contributed by atoms with Crippen LogP contribution in [0.25, 0.3) is 0 Å². The first-order valence-corrected chi connectivity index (χ1v) is 7.38. The average molecular weight is 289 g/mol. The maximum absolute atomic E-state index is 12.4. The molecule has 1 fully saturated rings. The van der Waals surface area contributed by atoms with E-state index in [-0.39, 0.29) is 24.3 Å². The van der Waals surface area contributed by atoms with Gasteiger partial charge >= 0.3 is 0 Å². The van der Waals surface area contributed by atoms with Crippen LogP contribution >= 0.6 is 0 Å². The van der Waals surface area contributed by atoms with Gasteiger partial charge in [-0.25, -0.2) is 0 Å². The van der Waals surface area contributed by atoms with Crippen molar-refractivity contribution in [3.05, 3.63) is 35.9 Å². The highest BCUT2D eigenvalue weighted by Gasteiger charge is 2.23. The highest BCUT2D eigenvalue weighted by Crippen LogP contribution is 2.16. The molecule has 2 amide bonds. The lowest BCUT2D eigenvalue weighted by atomic mass is 10.00. The zero-order chi connectivity index (χ0) is 15.2. The Morgan fingerprint density at radius 2 is 1.86 bits per heavy atom. The monoisotopic (exact) mass is 289 g/mol. The second-order valence-corrected chi connectivity index (χ2v) is 5.46. The minimum Gasteiger partial charge on any atom is -0.339 e. The number of hydrogen-bond donors (Lipinski definition) is 1. The van der Waals surface area contributed by atoms with Gasteiger partial charge in [-0.3, -0.25) is 9.59 Å². The van der Waals surface area contributed by atoms with Gasteiger partial charge in [-0.2, -0.15) is 0 Å². The first-order valence-electron chi connectivity index (χ1n) is 7.38. The van der Waals surface area contributed by atoms with Crippen LogP contribution in [-0.4, -0.2) is 61.4 Å². The van der Waals surface area contributed by atoms with Crippen LogP contribution in [0, 0.1) is 0 Å². The molecule has 1 aromatic rings. The molecule has 0 aliphatic carbocycles. The van der Waals surface area contributed by atoms with E-state index >= 15 is 0 Å². The van der Waals surface area contributed by atoms with Gasteiger partial charge in [0.05, 0.1) is 12.5 Å². The van der Waals surface area contributed by atoms with Crippen molar-refractivity contribution in [2.45, 2.75) is 12.8 Å². The minimum absolute atomic E-state index is 0.0209. The second kappa shape index (κ2) is 7.22. The molecule has 1 unspecified atom stereocenters. The van der Waals surface area contributed by atoms with Crippen LogP contribution in [-0.2, 0) is 9.59 Å². The predicted molar refractivity (Wildman–Crippen MR) is 81.9 cm³/mol. The summed E-state index contributed by atoms with van der Waals surface area (Å²) in [6, 6.07) is 9.65. The van der Waals surface area contributed by atoms with Crippen LogP contribution in [0.2, 0.25) is 0 Å². The van der Waals surface area contributed by atoms with Crippen LogP contribution in [0.15, 0.2) is 30.3 Å². The summed E-state index contributed by atoms with van der Waals surface area (Å²) in [7, 11) is 1.70. The Bertz CT molecular complexity index is 484. The van der Waals surface area contributed by atoms with Crippen molar-refractivity contribution in [1.82, 2.24) is 15.1 Å². The molecule has 1 atom stereocenters. The molecule has 0 radical (unpaired) electrons. The molecule has 0 spiro atoms. The van der Waals surface area contributed by atoms with Gasteiger partial charge < -0.3 is 15.1 Å². The summed E-state index contributed by atoms with van der Waals surface area (Å²) in [6.07, 6.45) is 0. The van der Waals surface area contributed by atoms with Gasteiger partial charge in [-0.15, -0.1) is 0 Å². The van der Waals surface area contributed by atoms with E-state index in [9.17, 15) is 9.59 Å². The Kier molecular flexibility index (Phi) is 5.33.